The Morgan fingerprint density at radius 2 is 1.70 bits per heavy atom. The standard InChI is InChI=1S/C34H29BrN6O4.ClH/c1-34(39-2,33(38)44)27-19-41(31(42)22-7-4-20(16-36)5-8-22)29-14-21(17-37)6-12-28(29)40(32(27)43)18-26-25-11-10-24(35)15-23(25)9-13-30(26)45-3;/h4-15,27,39H,18-19H2,1-3H3,(H2,38,44);1H/t27-,34?;/m1./s1. The number of fused-ring (bicyclic) bond motifs is 2. The Hall–Kier alpha value is -4.94. The third-order valence-electron chi connectivity index (χ3n) is 8.44. The van der Waals surface area contributed by atoms with Gasteiger partial charge in [0.25, 0.3) is 5.91 Å². The van der Waals surface area contributed by atoms with Gasteiger partial charge in [-0.25, -0.2) is 0 Å². The number of nitrogens with one attached hydrogen (secondary N) is 1. The number of primary amides is 1. The van der Waals surface area contributed by atoms with Crippen LogP contribution >= 0.6 is 28.3 Å². The molecule has 0 spiro atoms. The van der Waals surface area contributed by atoms with Crippen molar-refractivity contribution in [1.29, 1.82) is 10.5 Å². The van der Waals surface area contributed by atoms with Gasteiger partial charge in [0.2, 0.25) is 11.8 Å². The van der Waals surface area contributed by atoms with Crippen molar-refractivity contribution >= 4 is 68.2 Å². The molecular weight excluding hydrogens is 672 g/mol. The molecule has 3 N–H and O–H groups in total. The topological polar surface area (TPSA) is 153 Å². The average Bonchev–Trinajstić information content (AvgIpc) is 3.17. The third-order valence-corrected chi connectivity index (χ3v) is 8.93. The number of likely N-dealkylation sites (N-methyl/N-ethyl adjacent to an activating group) is 1. The van der Waals surface area contributed by atoms with Crippen LogP contribution in [0.3, 0.4) is 0 Å². The van der Waals surface area contributed by atoms with Crippen LogP contribution in [0.4, 0.5) is 11.4 Å². The van der Waals surface area contributed by atoms with Crippen LogP contribution in [0, 0.1) is 28.6 Å². The number of nitrogens with two attached hydrogens (primary N) is 1. The van der Waals surface area contributed by atoms with Crippen molar-refractivity contribution in [3.8, 4) is 17.9 Å². The largest absolute Gasteiger partial charge is 0.496 e. The minimum atomic E-state index is -1.56. The highest BCUT2D eigenvalue weighted by molar-refractivity contribution is 9.10. The van der Waals surface area contributed by atoms with E-state index in [0.29, 0.717) is 28.3 Å². The molecule has 0 aliphatic carbocycles. The molecule has 3 amide bonds. The van der Waals surface area contributed by atoms with Crippen LogP contribution in [0.15, 0.2) is 77.3 Å². The van der Waals surface area contributed by atoms with Gasteiger partial charge in [0.1, 0.15) is 11.3 Å². The van der Waals surface area contributed by atoms with E-state index in [9.17, 15) is 24.9 Å². The predicted octanol–water partition coefficient (Wildman–Crippen LogP) is 5.05. The maximum atomic E-state index is 14.7. The fourth-order valence-corrected chi connectivity index (χ4v) is 6.04. The number of rotatable bonds is 7. The Bertz CT molecular complexity index is 1940. The average molecular weight is 702 g/mol. The summed E-state index contributed by atoms with van der Waals surface area (Å²) in [5.41, 5.74) is 6.63. The predicted molar refractivity (Wildman–Crippen MR) is 181 cm³/mol. The fourth-order valence-electron chi connectivity index (χ4n) is 5.66. The van der Waals surface area contributed by atoms with Gasteiger partial charge in [-0.05, 0) is 85.4 Å². The minimum Gasteiger partial charge on any atom is -0.496 e. The number of carbonyl (C=O) groups is 3. The quantitative estimate of drug-likeness (QED) is 0.274. The molecule has 234 valence electrons. The van der Waals surface area contributed by atoms with E-state index in [-0.39, 0.29) is 36.6 Å². The van der Waals surface area contributed by atoms with Crippen molar-refractivity contribution in [3.63, 3.8) is 0 Å². The molecule has 1 aliphatic heterocycles. The van der Waals surface area contributed by atoms with Gasteiger partial charge in [0, 0.05) is 22.1 Å². The van der Waals surface area contributed by atoms with Crippen LogP contribution in [0.25, 0.3) is 10.8 Å². The maximum Gasteiger partial charge on any atom is 0.258 e. The second-order valence-electron chi connectivity index (χ2n) is 10.8. The number of halogens is 2. The van der Waals surface area contributed by atoms with E-state index in [4.69, 9.17) is 10.5 Å². The second-order valence-corrected chi connectivity index (χ2v) is 11.7. The summed E-state index contributed by atoms with van der Waals surface area (Å²) in [4.78, 5) is 44.8. The van der Waals surface area contributed by atoms with Gasteiger partial charge >= 0.3 is 0 Å². The van der Waals surface area contributed by atoms with Gasteiger partial charge in [-0.15, -0.1) is 12.4 Å². The monoisotopic (exact) mass is 700 g/mol. The highest BCUT2D eigenvalue weighted by Crippen LogP contribution is 2.41. The molecule has 0 bridgehead atoms. The number of hydrogen-bond donors (Lipinski definition) is 2. The zero-order valence-corrected chi connectivity index (χ0v) is 27.6. The first-order valence-electron chi connectivity index (χ1n) is 14.0. The number of anilines is 2. The van der Waals surface area contributed by atoms with Gasteiger partial charge in [0.15, 0.2) is 0 Å². The lowest BCUT2D eigenvalue weighted by atomic mass is 9.83. The summed E-state index contributed by atoms with van der Waals surface area (Å²) in [6.07, 6.45) is 0. The van der Waals surface area contributed by atoms with E-state index < -0.39 is 29.2 Å². The second kappa shape index (κ2) is 13.6. The van der Waals surface area contributed by atoms with Crippen molar-refractivity contribution in [2.75, 3.05) is 30.5 Å². The number of nitriles is 2. The molecule has 2 atom stereocenters. The van der Waals surface area contributed by atoms with E-state index in [1.165, 1.54) is 48.0 Å². The SMILES string of the molecule is CNC(C)(C(N)=O)[C@@H]1CN(C(=O)c2ccc(C#N)cc2)c2cc(C#N)ccc2N(Cc2c(OC)ccc3cc(Br)ccc23)C1=O.Cl. The molecular formula is C34H30BrClN6O4. The van der Waals surface area contributed by atoms with E-state index in [1.807, 2.05) is 36.4 Å². The lowest BCUT2D eigenvalue weighted by Crippen LogP contribution is -2.63. The van der Waals surface area contributed by atoms with Crippen LogP contribution in [-0.2, 0) is 16.1 Å². The summed E-state index contributed by atoms with van der Waals surface area (Å²) >= 11 is 3.52. The summed E-state index contributed by atoms with van der Waals surface area (Å²) in [5, 5.41) is 23.8. The number of methoxy groups -OCH3 is 1. The summed E-state index contributed by atoms with van der Waals surface area (Å²) in [7, 11) is 3.08. The molecule has 1 aliphatic rings. The molecule has 0 saturated heterocycles. The molecule has 4 aromatic rings. The van der Waals surface area contributed by atoms with Crippen LogP contribution in [0.1, 0.15) is 34.0 Å². The first-order chi connectivity index (χ1) is 21.6. The van der Waals surface area contributed by atoms with Crippen molar-refractivity contribution in [2.24, 2.45) is 11.7 Å². The number of nitrogens with zero attached hydrogens (tertiary/aromatic N) is 4. The molecule has 0 aromatic heterocycles. The normalized spacial score (nSPS) is 15.4. The van der Waals surface area contributed by atoms with Crippen molar-refractivity contribution in [3.05, 3.63) is 99.5 Å². The lowest BCUT2D eigenvalue weighted by Gasteiger charge is -2.36. The molecule has 46 heavy (non-hydrogen) atoms. The molecule has 10 nitrogen and oxygen atoms in total. The number of ether oxygens (including phenoxy) is 1. The summed E-state index contributed by atoms with van der Waals surface area (Å²) < 4.78 is 6.62. The fraction of sp³-hybridized carbons (Fsp3) is 0.206. The first-order valence-corrected chi connectivity index (χ1v) is 14.8. The Kier molecular flexibility index (Phi) is 10.0. The third kappa shape index (κ3) is 6.01. The number of benzene rings is 4. The van der Waals surface area contributed by atoms with E-state index in [2.05, 4.69) is 27.3 Å². The molecule has 0 saturated carbocycles. The maximum absolute atomic E-state index is 14.7. The Labute approximate surface area is 280 Å². The first kappa shape index (κ1) is 33.9. The van der Waals surface area contributed by atoms with Gasteiger partial charge in [0.05, 0.1) is 54.2 Å². The van der Waals surface area contributed by atoms with Crippen molar-refractivity contribution in [1.82, 2.24) is 5.32 Å². The van der Waals surface area contributed by atoms with Crippen LogP contribution < -0.4 is 25.6 Å². The zero-order chi connectivity index (χ0) is 32.5. The van der Waals surface area contributed by atoms with E-state index in [0.717, 1.165) is 15.2 Å². The number of hydrogen-bond acceptors (Lipinski definition) is 7. The van der Waals surface area contributed by atoms with Gasteiger partial charge < -0.3 is 25.6 Å². The minimum absolute atomic E-state index is 0. The molecule has 1 unspecified atom stereocenters. The Morgan fingerprint density at radius 1 is 1.02 bits per heavy atom. The van der Waals surface area contributed by atoms with Gasteiger partial charge in [-0.2, -0.15) is 10.5 Å². The van der Waals surface area contributed by atoms with E-state index >= 15 is 0 Å². The molecule has 1 heterocycles. The number of amides is 3. The summed E-state index contributed by atoms with van der Waals surface area (Å²) in [5.74, 6) is -2.31. The molecule has 5 rings (SSSR count). The van der Waals surface area contributed by atoms with Crippen molar-refractivity contribution < 1.29 is 19.1 Å². The van der Waals surface area contributed by atoms with Crippen LogP contribution in [-0.4, -0.2) is 44.0 Å². The van der Waals surface area contributed by atoms with Crippen molar-refractivity contribution in [2.45, 2.75) is 19.0 Å². The van der Waals surface area contributed by atoms with Gasteiger partial charge in [-0.1, -0.05) is 28.1 Å². The number of carbonyl (C=O) groups excluding carboxylic acids is 3. The molecule has 0 radical (unpaired) electrons. The molecule has 4 aromatic carbocycles. The highest BCUT2D eigenvalue weighted by Gasteiger charge is 2.49. The molecule has 0 fully saturated rings. The van der Waals surface area contributed by atoms with E-state index in [1.54, 1.807) is 25.3 Å². The smallest absolute Gasteiger partial charge is 0.258 e. The lowest BCUT2D eigenvalue weighted by molar-refractivity contribution is -0.133. The zero-order valence-electron chi connectivity index (χ0n) is 25.2. The van der Waals surface area contributed by atoms with Crippen LogP contribution in [0.5, 0.6) is 5.75 Å². The Morgan fingerprint density at radius 3 is 2.30 bits per heavy atom. The highest BCUT2D eigenvalue weighted by atomic mass is 79.9. The Balaban J connectivity index is 0.00000480. The molecule has 12 heteroatoms. The summed E-state index contributed by atoms with van der Waals surface area (Å²) in [6, 6.07) is 24.6. The summed E-state index contributed by atoms with van der Waals surface area (Å²) in [6.45, 7) is 1.33. The van der Waals surface area contributed by atoms with Gasteiger partial charge in [-0.3, -0.25) is 14.4 Å². The van der Waals surface area contributed by atoms with Crippen LogP contribution in [0.2, 0.25) is 0 Å².